The van der Waals surface area contributed by atoms with E-state index in [1.807, 2.05) is 6.92 Å². The maximum absolute atomic E-state index is 13.7. The molecule has 0 aliphatic rings. The zero-order chi connectivity index (χ0) is 12.8. The Kier molecular flexibility index (Phi) is 5.10. The van der Waals surface area contributed by atoms with Crippen molar-refractivity contribution in [3.8, 4) is 5.75 Å². The molecule has 1 unspecified atom stereocenters. The summed E-state index contributed by atoms with van der Waals surface area (Å²) in [5, 5.41) is 0. The standard InChI is InChI=1S/C13H18FNO2/c1-9(15)5-3-7-11(16)10-6-4-8-12(17-2)13(10)14/h4,6,8-9H,3,5,7,15H2,1-2H3. The predicted molar refractivity (Wildman–Crippen MR) is 64.8 cm³/mol. The Morgan fingerprint density at radius 3 is 2.82 bits per heavy atom. The fraction of sp³-hybridized carbons (Fsp3) is 0.462. The van der Waals surface area contributed by atoms with E-state index in [1.54, 1.807) is 6.07 Å². The molecule has 3 nitrogen and oxygen atoms in total. The molecule has 0 radical (unpaired) electrons. The van der Waals surface area contributed by atoms with Gasteiger partial charge in [-0.2, -0.15) is 0 Å². The molecule has 0 amide bonds. The second-order valence-corrected chi connectivity index (χ2v) is 4.11. The van der Waals surface area contributed by atoms with Gasteiger partial charge in [-0.1, -0.05) is 6.07 Å². The zero-order valence-corrected chi connectivity index (χ0v) is 10.2. The maximum atomic E-state index is 13.7. The minimum atomic E-state index is -0.583. The number of hydrogen-bond donors (Lipinski definition) is 1. The molecule has 0 heterocycles. The average molecular weight is 239 g/mol. The van der Waals surface area contributed by atoms with Crippen molar-refractivity contribution < 1.29 is 13.9 Å². The van der Waals surface area contributed by atoms with Gasteiger partial charge in [-0.05, 0) is 31.9 Å². The van der Waals surface area contributed by atoms with Crippen molar-refractivity contribution >= 4 is 5.78 Å². The van der Waals surface area contributed by atoms with Crippen LogP contribution in [0.25, 0.3) is 0 Å². The molecule has 0 aromatic heterocycles. The number of rotatable bonds is 6. The summed E-state index contributed by atoms with van der Waals surface area (Å²) in [5.74, 6) is -0.689. The van der Waals surface area contributed by atoms with Crippen molar-refractivity contribution in [2.45, 2.75) is 32.2 Å². The number of carbonyl (C=O) groups is 1. The molecule has 1 rings (SSSR count). The van der Waals surface area contributed by atoms with Gasteiger partial charge in [0, 0.05) is 12.5 Å². The summed E-state index contributed by atoms with van der Waals surface area (Å²) in [5.41, 5.74) is 5.68. The highest BCUT2D eigenvalue weighted by Gasteiger charge is 2.15. The van der Waals surface area contributed by atoms with Gasteiger partial charge in [0.1, 0.15) is 0 Å². The number of carbonyl (C=O) groups excluding carboxylic acids is 1. The van der Waals surface area contributed by atoms with Crippen LogP contribution >= 0.6 is 0 Å². The normalized spacial score (nSPS) is 12.2. The number of hydrogen-bond acceptors (Lipinski definition) is 3. The number of ether oxygens (including phenoxy) is 1. The van der Waals surface area contributed by atoms with E-state index in [0.29, 0.717) is 12.8 Å². The van der Waals surface area contributed by atoms with Crippen molar-refractivity contribution in [3.63, 3.8) is 0 Å². The van der Waals surface area contributed by atoms with E-state index in [0.717, 1.165) is 6.42 Å². The monoisotopic (exact) mass is 239 g/mol. The van der Waals surface area contributed by atoms with E-state index in [9.17, 15) is 9.18 Å². The summed E-state index contributed by atoms with van der Waals surface area (Å²) in [4.78, 5) is 11.8. The number of ketones is 1. The van der Waals surface area contributed by atoms with Crippen molar-refractivity contribution in [2.24, 2.45) is 5.73 Å². The summed E-state index contributed by atoms with van der Waals surface area (Å²) in [7, 11) is 1.38. The number of halogens is 1. The van der Waals surface area contributed by atoms with Crippen LogP contribution < -0.4 is 10.5 Å². The molecule has 2 N–H and O–H groups in total. The lowest BCUT2D eigenvalue weighted by Gasteiger charge is -2.07. The molecular formula is C13H18FNO2. The van der Waals surface area contributed by atoms with Crippen LogP contribution in [0.2, 0.25) is 0 Å². The Bertz CT molecular complexity index is 391. The lowest BCUT2D eigenvalue weighted by atomic mass is 10.0. The van der Waals surface area contributed by atoms with Crippen LogP contribution in [0.15, 0.2) is 18.2 Å². The third-order valence-corrected chi connectivity index (χ3v) is 2.55. The van der Waals surface area contributed by atoms with Gasteiger partial charge in [0.15, 0.2) is 17.3 Å². The fourth-order valence-electron chi connectivity index (χ4n) is 1.60. The summed E-state index contributed by atoms with van der Waals surface area (Å²) in [6, 6.07) is 4.65. The predicted octanol–water partition coefficient (Wildman–Crippen LogP) is 2.53. The van der Waals surface area contributed by atoms with Crippen LogP contribution in [0.5, 0.6) is 5.75 Å². The molecule has 0 fully saturated rings. The highest BCUT2D eigenvalue weighted by molar-refractivity contribution is 5.96. The highest BCUT2D eigenvalue weighted by atomic mass is 19.1. The molecular weight excluding hydrogens is 221 g/mol. The largest absolute Gasteiger partial charge is 0.494 e. The molecule has 0 aliphatic carbocycles. The van der Waals surface area contributed by atoms with E-state index in [-0.39, 0.29) is 23.1 Å². The van der Waals surface area contributed by atoms with Gasteiger partial charge < -0.3 is 10.5 Å². The summed E-state index contributed by atoms with van der Waals surface area (Å²) in [6.07, 6.45) is 1.75. The third-order valence-electron chi connectivity index (χ3n) is 2.55. The molecule has 1 aromatic carbocycles. The Labute approximate surface area is 101 Å². The Hall–Kier alpha value is -1.42. The van der Waals surface area contributed by atoms with Crippen molar-refractivity contribution in [2.75, 3.05) is 7.11 Å². The topological polar surface area (TPSA) is 52.3 Å². The van der Waals surface area contributed by atoms with Gasteiger partial charge in [-0.3, -0.25) is 4.79 Å². The number of Topliss-reactive ketones (excluding diaryl/α,β-unsaturated/α-hetero) is 1. The molecule has 94 valence electrons. The van der Waals surface area contributed by atoms with E-state index in [1.165, 1.54) is 19.2 Å². The van der Waals surface area contributed by atoms with E-state index >= 15 is 0 Å². The minimum absolute atomic E-state index is 0.0676. The van der Waals surface area contributed by atoms with Gasteiger partial charge in [-0.15, -0.1) is 0 Å². The molecule has 0 bridgehead atoms. The van der Waals surface area contributed by atoms with Crippen molar-refractivity contribution in [1.29, 1.82) is 0 Å². The van der Waals surface area contributed by atoms with Crippen LogP contribution in [-0.2, 0) is 0 Å². The van der Waals surface area contributed by atoms with E-state index in [4.69, 9.17) is 10.5 Å². The molecule has 0 spiro atoms. The summed E-state index contributed by atoms with van der Waals surface area (Å²) < 4.78 is 18.6. The Balaban J connectivity index is 2.69. The first-order valence-corrected chi connectivity index (χ1v) is 5.67. The molecule has 17 heavy (non-hydrogen) atoms. The van der Waals surface area contributed by atoms with Crippen LogP contribution in [0.1, 0.15) is 36.5 Å². The quantitative estimate of drug-likeness (QED) is 0.776. The van der Waals surface area contributed by atoms with Gasteiger partial charge in [0.25, 0.3) is 0 Å². The molecule has 4 heteroatoms. The smallest absolute Gasteiger partial charge is 0.175 e. The Morgan fingerprint density at radius 2 is 2.24 bits per heavy atom. The lowest BCUT2D eigenvalue weighted by molar-refractivity contribution is 0.0974. The number of methoxy groups -OCH3 is 1. The SMILES string of the molecule is COc1cccc(C(=O)CCCC(C)N)c1F. The third kappa shape index (κ3) is 3.82. The van der Waals surface area contributed by atoms with Gasteiger partial charge >= 0.3 is 0 Å². The molecule has 1 atom stereocenters. The summed E-state index contributed by atoms with van der Waals surface area (Å²) >= 11 is 0. The minimum Gasteiger partial charge on any atom is -0.494 e. The first-order chi connectivity index (χ1) is 8.06. The van der Waals surface area contributed by atoms with Gasteiger partial charge in [0.05, 0.1) is 12.7 Å². The second-order valence-electron chi connectivity index (χ2n) is 4.11. The van der Waals surface area contributed by atoms with Crippen LogP contribution in [0.3, 0.4) is 0 Å². The van der Waals surface area contributed by atoms with Crippen LogP contribution in [-0.4, -0.2) is 18.9 Å². The highest BCUT2D eigenvalue weighted by Crippen LogP contribution is 2.21. The van der Waals surface area contributed by atoms with Gasteiger partial charge in [-0.25, -0.2) is 4.39 Å². The first-order valence-electron chi connectivity index (χ1n) is 5.67. The molecule has 0 saturated heterocycles. The van der Waals surface area contributed by atoms with E-state index in [2.05, 4.69) is 0 Å². The zero-order valence-electron chi connectivity index (χ0n) is 10.2. The van der Waals surface area contributed by atoms with Crippen LogP contribution in [0, 0.1) is 5.82 Å². The molecule has 0 aliphatic heterocycles. The number of nitrogens with two attached hydrogens (primary N) is 1. The van der Waals surface area contributed by atoms with Gasteiger partial charge in [0.2, 0.25) is 0 Å². The number of benzene rings is 1. The van der Waals surface area contributed by atoms with Crippen molar-refractivity contribution in [3.05, 3.63) is 29.6 Å². The fourth-order valence-corrected chi connectivity index (χ4v) is 1.60. The van der Waals surface area contributed by atoms with Crippen molar-refractivity contribution in [1.82, 2.24) is 0 Å². The first kappa shape index (κ1) is 13.6. The average Bonchev–Trinajstić information content (AvgIpc) is 2.28. The van der Waals surface area contributed by atoms with Crippen LogP contribution in [0.4, 0.5) is 4.39 Å². The molecule has 1 aromatic rings. The maximum Gasteiger partial charge on any atom is 0.175 e. The Morgan fingerprint density at radius 1 is 1.53 bits per heavy atom. The molecule has 0 saturated carbocycles. The second kappa shape index (κ2) is 6.35. The lowest BCUT2D eigenvalue weighted by Crippen LogP contribution is -2.15. The summed E-state index contributed by atoms with van der Waals surface area (Å²) in [6.45, 7) is 1.89. The van der Waals surface area contributed by atoms with E-state index < -0.39 is 5.82 Å².